The van der Waals surface area contributed by atoms with Crippen LogP contribution in [0.4, 0.5) is 5.69 Å². The maximum absolute atomic E-state index is 11.3. The van der Waals surface area contributed by atoms with E-state index in [2.05, 4.69) is 23.0 Å². The molecule has 9 heteroatoms. The number of nitrogens with one attached hydrogen (secondary N) is 1. The van der Waals surface area contributed by atoms with Crippen LogP contribution in [0.25, 0.3) is 0 Å². The van der Waals surface area contributed by atoms with Crippen LogP contribution in [-0.2, 0) is 21.9 Å². The summed E-state index contributed by atoms with van der Waals surface area (Å²) in [5.41, 5.74) is 0.368. The van der Waals surface area contributed by atoms with Gasteiger partial charge in [-0.1, -0.05) is 20.3 Å². The van der Waals surface area contributed by atoms with Gasteiger partial charge in [-0.3, -0.25) is 4.79 Å². The average molecular weight is 433 g/mol. The first-order chi connectivity index (χ1) is 12.1. The number of esters is 1. The van der Waals surface area contributed by atoms with Crippen LogP contribution in [0.5, 0.6) is 0 Å². The van der Waals surface area contributed by atoms with Crippen molar-refractivity contribution in [1.82, 2.24) is 0 Å². The van der Waals surface area contributed by atoms with Crippen LogP contribution in [0.2, 0.25) is 0 Å². The second-order valence-corrected chi connectivity index (χ2v) is 9.53. The number of ether oxygens (including phenoxy) is 1. The topological polar surface area (TPSA) is 122 Å². The molecule has 0 radical (unpaired) electrons. The average Bonchev–Trinajstić information content (AvgIpc) is 2.55. The summed E-state index contributed by atoms with van der Waals surface area (Å²) in [4.78, 5) is 21.5. The second-order valence-electron chi connectivity index (χ2n) is 5.92. The van der Waals surface area contributed by atoms with Gasteiger partial charge in [0.25, 0.3) is 0 Å². The molecule has 0 aliphatic carbocycles. The second kappa shape index (κ2) is 12.7. The minimum Gasteiger partial charge on any atom is -0.466 e. The fraction of sp³-hybridized carbons (Fsp3) is 0.529. The van der Waals surface area contributed by atoms with Crippen molar-refractivity contribution in [2.45, 2.75) is 47.0 Å². The largest absolute Gasteiger partial charge is 0.466 e. The molecule has 0 saturated carbocycles. The summed E-state index contributed by atoms with van der Waals surface area (Å²) in [7, 11) is 0. The molecule has 3 N–H and O–H groups in total. The Bertz CT molecular complexity index is 619. The zero-order valence-corrected chi connectivity index (χ0v) is 17.5. The van der Waals surface area contributed by atoms with E-state index in [0.29, 0.717) is 24.6 Å². The molecule has 0 aliphatic rings. The van der Waals surface area contributed by atoms with E-state index in [4.69, 9.17) is 9.99 Å². The van der Waals surface area contributed by atoms with Gasteiger partial charge in [-0.05, 0) is 19.3 Å². The predicted octanol–water partition coefficient (Wildman–Crippen LogP) is 2.08. The Kier molecular flexibility index (Phi) is 11.9. The Morgan fingerprint density at radius 3 is 2.46 bits per heavy atom. The van der Waals surface area contributed by atoms with E-state index in [1.54, 1.807) is 6.07 Å². The van der Waals surface area contributed by atoms with Crippen molar-refractivity contribution < 1.29 is 31.3 Å². The summed E-state index contributed by atoms with van der Waals surface area (Å²) < 4.78 is 28.7. The molecule has 148 valence electrons. The smallest absolute Gasteiger partial charge is 0.305 e. The summed E-state index contributed by atoms with van der Waals surface area (Å²) in [5, 5.41) is 10.7. The number of carbonyl (C=O) groups excluding carboxylic acids is 2. The Balaban J connectivity index is 0.000000508. The van der Waals surface area contributed by atoms with Gasteiger partial charge in [-0.15, -0.1) is 0 Å². The molecule has 0 bridgehead atoms. The fourth-order valence-corrected chi connectivity index (χ4v) is 3.31. The van der Waals surface area contributed by atoms with E-state index in [1.807, 2.05) is 6.92 Å². The Morgan fingerprint density at radius 2 is 1.96 bits per heavy atom. The molecule has 1 atom stereocenters. The van der Waals surface area contributed by atoms with Crippen LogP contribution in [0.3, 0.4) is 0 Å². The van der Waals surface area contributed by atoms with Gasteiger partial charge in [0.1, 0.15) is 0 Å². The van der Waals surface area contributed by atoms with Crippen molar-refractivity contribution in [3.63, 3.8) is 0 Å². The maximum Gasteiger partial charge on any atom is 0.305 e. The molecular formula is C17H28AsNO7. The number of hydrogen-bond donors (Lipinski definition) is 3. The van der Waals surface area contributed by atoms with Crippen LogP contribution in [-0.4, -0.2) is 42.0 Å². The van der Waals surface area contributed by atoms with Crippen molar-refractivity contribution in [2.75, 3.05) is 11.9 Å². The van der Waals surface area contributed by atoms with Crippen molar-refractivity contribution in [2.24, 2.45) is 5.92 Å². The Labute approximate surface area is 156 Å². The third-order valence-electron chi connectivity index (χ3n) is 3.07. The van der Waals surface area contributed by atoms with Crippen molar-refractivity contribution in [3.8, 4) is 0 Å². The first-order valence-corrected chi connectivity index (χ1v) is 11.6. The first-order valence-electron chi connectivity index (χ1n) is 8.32. The van der Waals surface area contributed by atoms with Gasteiger partial charge in [0.2, 0.25) is 0 Å². The van der Waals surface area contributed by atoms with E-state index in [1.165, 1.54) is 25.1 Å². The minimum absolute atomic E-state index is 0.0399. The SMILES string of the molecule is CC(=O)Nc1cccc([As](=O)(O)OO)c1.CCOC(=O)CCCC(C)C. The minimum atomic E-state index is -4.83. The molecule has 0 spiro atoms. The van der Waals surface area contributed by atoms with Crippen molar-refractivity contribution in [3.05, 3.63) is 24.3 Å². The van der Waals surface area contributed by atoms with Crippen LogP contribution in [0, 0.1) is 5.92 Å². The van der Waals surface area contributed by atoms with Gasteiger partial charge in [0, 0.05) is 6.42 Å². The molecule has 8 nitrogen and oxygen atoms in total. The number of rotatable bonds is 8. The number of benzene rings is 1. The molecule has 26 heavy (non-hydrogen) atoms. The summed E-state index contributed by atoms with van der Waals surface area (Å²) in [6.07, 6.45) is 2.64. The van der Waals surface area contributed by atoms with Crippen LogP contribution in [0.15, 0.2) is 24.3 Å². The summed E-state index contributed by atoms with van der Waals surface area (Å²) in [6.45, 7) is 7.97. The number of anilines is 1. The van der Waals surface area contributed by atoms with E-state index in [-0.39, 0.29) is 16.2 Å². The molecule has 1 amide bonds. The monoisotopic (exact) mass is 433 g/mol. The molecular weight excluding hydrogens is 405 g/mol. The standard InChI is InChI=1S/C9H18O2.C8H10AsNO5/c1-4-11-9(10)7-5-6-8(2)3;1-6(11)10-8-4-2-3-7(5-8)9(12,13)15-14/h8H,4-7H2,1-3H3;2-5,14H,1H3,(H,10,11)(H,12,13). The molecule has 0 saturated heterocycles. The number of hydrogen-bond acceptors (Lipinski definition) is 6. The predicted molar refractivity (Wildman–Crippen MR) is 98.1 cm³/mol. The third kappa shape index (κ3) is 11.1. The van der Waals surface area contributed by atoms with Crippen LogP contribution < -0.4 is 9.67 Å². The number of amides is 1. The van der Waals surface area contributed by atoms with E-state index in [0.717, 1.165) is 12.8 Å². The van der Waals surface area contributed by atoms with E-state index >= 15 is 0 Å². The molecule has 0 fully saturated rings. The van der Waals surface area contributed by atoms with Crippen molar-refractivity contribution in [1.29, 1.82) is 0 Å². The summed E-state index contributed by atoms with van der Waals surface area (Å²) >= 11 is -4.83. The van der Waals surface area contributed by atoms with Crippen LogP contribution >= 0.6 is 0 Å². The van der Waals surface area contributed by atoms with Gasteiger partial charge in [0.05, 0.1) is 6.61 Å². The maximum atomic E-state index is 11.3. The Hall–Kier alpha value is -1.60. The molecule has 0 aliphatic heterocycles. The molecule has 0 heterocycles. The van der Waals surface area contributed by atoms with Gasteiger partial charge >= 0.3 is 94.4 Å². The van der Waals surface area contributed by atoms with Gasteiger partial charge < -0.3 is 4.74 Å². The molecule has 1 rings (SSSR count). The zero-order valence-electron chi connectivity index (χ0n) is 15.6. The summed E-state index contributed by atoms with van der Waals surface area (Å²) in [5.74, 6) is 0.328. The fourth-order valence-electron chi connectivity index (χ4n) is 1.90. The van der Waals surface area contributed by atoms with E-state index in [9.17, 15) is 17.4 Å². The van der Waals surface area contributed by atoms with E-state index < -0.39 is 14.2 Å². The first kappa shape index (κ1) is 24.4. The third-order valence-corrected chi connectivity index (χ3v) is 5.49. The van der Waals surface area contributed by atoms with Gasteiger partial charge in [0.15, 0.2) is 0 Å². The number of carbonyl (C=O) groups is 2. The molecule has 0 aromatic heterocycles. The molecule has 1 unspecified atom stereocenters. The normalized spacial score (nSPS) is 12.6. The molecule has 1 aromatic carbocycles. The molecule has 1 aromatic rings. The Morgan fingerprint density at radius 1 is 1.31 bits per heavy atom. The summed E-state index contributed by atoms with van der Waals surface area (Å²) in [6, 6.07) is 5.64. The van der Waals surface area contributed by atoms with Crippen LogP contribution in [0.1, 0.15) is 47.0 Å². The quantitative estimate of drug-likeness (QED) is 0.248. The van der Waals surface area contributed by atoms with Crippen molar-refractivity contribution >= 4 is 36.1 Å². The van der Waals surface area contributed by atoms with Gasteiger partial charge in [-0.2, -0.15) is 0 Å². The van der Waals surface area contributed by atoms with Gasteiger partial charge in [-0.25, -0.2) is 0 Å². The zero-order chi connectivity index (χ0) is 20.2.